The zero-order valence-electron chi connectivity index (χ0n) is 7.78. The number of hydrogen-bond acceptors (Lipinski definition) is 4. The molecular weight excluding hydrogens is 167 g/mol. The van der Waals surface area contributed by atoms with E-state index in [0.717, 1.165) is 5.56 Å². The molecule has 0 N–H and O–H groups in total. The second-order valence-electron chi connectivity index (χ2n) is 2.62. The maximum absolute atomic E-state index is 11.0. The molecule has 0 aliphatic heterocycles. The fraction of sp³-hybridized carbons (Fsp3) is 0.375. The second kappa shape index (κ2) is 4.59. The molecule has 0 unspecified atom stereocenters. The molecule has 0 saturated carbocycles. The number of hydrogen-bond donors (Lipinski definition) is 0. The number of ether oxygens (including phenoxy) is 1. The van der Waals surface area contributed by atoms with Gasteiger partial charge in [-0.2, -0.15) is 0 Å². The van der Waals surface area contributed by atoms with Crippen LogP contribution < -0.4 is 5.72 Å². The number of carbonyl (C=O) groups excluding carboxylic acids is 1. The van der Waals surface area contributed by atoms with Gasteiger partial charge in [-0.3, -0.25) is 14.8 Å². The van der Waals surface area contributed by atoms with Crippen LogP contribution in [0.15, 0.2) is 12.4 Å². The van der Waals surface area contributed by atoms with Crippen molar-refractivity contribution in [2.75, 3.05) is 6.61 Å². The summed E-state index contributed by atoms with van der Waals surface area (Å²) in [7, 11) is 1.80. The zero-order valence-corrected chi connectivity index (χ0v) is 7.78. The summed E-state index contributed by atoms with van der Waals surface area (Å²) in [4.78, 5) is 19.0. The minimum absolute atomic E-state index is 0.241. The smallest absolute Gasteiger partial charge is 0.310 e. The Labute approximate surface area is 77.8 Å². The fourth-order valence-corrected chi connectivity index (χ4v) is 0.889. The standard InChI is InChI=1S/C8H11BN2O2/c1-2-13-7(12)3-6-4-10-8(9)11-5-6/h4-5H,2-3,9H2,1H3. The molecule has 0 radical (unpaired) electrons. The molecule has 0 aliphatic carbocycles. The molecule has 1 aromatic heterocycles. The van der Waals surface area contributed by atoms with Crippen LogP contribution in [0.2, 0.25) is 0 Å². The molecule has 1 rings (SSSR count). The van der Waals surface area contributed by atoms with E-state index in [0.29, 0.717) is 12.3 Å². The van der Waals surface area contributed by atoms with Crippen molar-refractivity contribution in [2.24, 2.45) is 0 Å². The third-order valence-corrected chi connectivity index (χ3v) is 1.49. The lowest BCUT2D eigenvalue weighted by molar-refractivity contribution is -0.142. The molecule has 13 heavy (non-hydrogen) atoms. The van der Waals surface area contributed by atoms with Gasteiger partial charge in [0.15, 0.2) is 7.85 Å². The Bertz CT molecular complexity index is 287. The average molecular weight is 178 g/mol. The Balaban J connectivity index is 2.54. The first kappa shape index (κ1) is 9.70. The van der Waals surface area contributed by atoms with Gasteiger partial charge in [-0.1, -0.05) is 0 Å². The number of esters is 1. The van der Waals surface area contributed by atoms with Crippen molar-refractivity contribution in [1.82, 2.24) is 9.97 Å². The SMILES string of the molecule is Bc1ncc(CC(=O)OCC)cn1. The molecule has 0 spiro atoms. The summed E-state index contributed by atoms with van der Waals surface area (Å²) >= 11 is 0. The van der Waals surface area contributed by atoms with Crippen molar-refractivity contribution >= 4 is 19.5 Å². The summed E-state index contributed by atoms with van der Waals surface area (Å²) in [6, 6.07) is 0. The highest BCUT2D eigenvalue weighted by Crippen LogP contribution is 1.95. The number of rotatable bonds is 3. The molecule has 1 heterocycles. The molecule has 5 heteroatoms. The predicted molar refractivity (Wildman–Crippen MR) is 50.5 cm³/mol. The van der Waals surface area contributed by atoms with Gasteiger partial charge in [0.2, 0.25) is 0 Å². The first-order valence-electron chi connectivity index (χ1n) is 4.15. The van der Waals surface area contributed by atoms with E-state index in [2.05, 4.69) is 9.97 Å². The Kier molecular flexibility index (Phi) is 3.43. The van der Waals surface area contributed by atoms with Crippen molar-refractivity contribution in [3.8, 4) is 0 Å². The summed E-state index contributed by atoms with van der Waals surface area (Å²) in [5.74, 6) is -0.241. The summed E-state index contributed by atoms with van der Waals surface area (Å²) in [6.45, 7) is 2.19. The molecule has 0 aliphatic rings. The normalized spacial score (nSPS) is 9.62. The molecule has 1 aromatic rings. The largest absolute Gasteiger partial charge is 0.466 e. The van der Waals surface area contributed by atoms with Crippen LogP contribution in [0.5, 0.6) is 0 Å². The average Bonchev–Trinajstić information content (AvgIpc) is 2.09. The van der Waals surface area contributed by atoms with Crippen LogP contribution in [-0.4, -0.2) is 30.4 Å². The van der Waals surface area contributed by atoms with Gasteiger partial charge in [-0.05, 0) is 12.5 Å². The van der Waals surface area contributed by atoms with Crippen molar-refractivity contribution in [3.05, 3.63) is 18.0 Å². The lowest BCUT2D eigenvalue weighted by Crippen LogP contribution is -2.14. The van der Waals surface area contributed by atoms with Crippen LogP contribution in [0.4, 0.5) is 0 Å². The number of carbonyl (C=O) groups is 1. The first-order chi connectivity index (χ1) is 6.22. The predicted octanol–water partition coefficient (Wildman–Crippen LogP) is -1.16. The highest BCUT2D eigenvalue weighted by Gasteiger charge is 2.03. The van der Waals surface area contributed by atoms with E-state index in [1.807, 2.05) is 0 Å². The molecule has 4 nitrogen and oxygen atoms in total. The summed E-state index contributed by atoms with van der Waals surface area (Å²) < 4.78 is 4.78. The van der Waals surface area contributed by atoms with E-state index >= 15 is 0 Å². The lowest BCUT2D eigenvalue weighted by atomic mass is 10.1. The number of nitrogens with zero attached hydrogens (tertiary/aromatic N) is 2. The van der Waals surface area contributed by atoms with Crippen LogP contribution in [0.25, 0.3) is 0 Å². The maximum Gasteiger partial charge on any atom is 0.310 e. The van der Waals surface area contributed by atoms with E-state index in [1.165, 1.54) is 0 Å². The first-order valence-corrected chi connectivity index (χ1v) is 4.15. The lowest BCUT2D eigenvalue weighted by Gasteiger charge is -2.00. The Hall–Kier alpha value is -1.39. The molecule has 0 bridgehead atoms. The van der Waals surface area contributed by atoms with Crippen molar-refractivity contribution in [3.63, 3.8) is 0 Å². The monoisotopic (exact) mass is 178 g/mol. The Morgan fingerprint density at radius 3 is 2.69 bits per heavy atom. The third-order valence-electron chi connectivity index (χ3n) is 1.49. The van der Waals surface area contributed by atoms with Gasteiger partial charge >= 0.3 is 5.97 Å². The molecule has 68 valence electrons. The topological polar surface area (TPSA) is 52.1 Å². The van der Waals surface area contributed by atoms with Crippen LogP contribution in [0.1, 0.15) is 12.5 Å². The number of aromatic nitrogens is 2. The van der Waals surface area contributed by atoms with Gasteiger partial charge in [-0.25, -0.2) is 0 Å². The second-order valence-corrected chi connectivity index (χ2v) is 2.62. The zero-order chi connectivity index (χ0) is 9.68. The third kappa shape index (κ3) is 3.23. The molecule has 0 amide bonds. The van der Waals surface area contributed by atoms with Crippen LogP contribution in [0, 0.1) is 0 Å². The van der Waals surface area contributed by atoms with Crippen LogP contribution in [-0.2, 0) is 16.0 Å². The van der Waals surface area contributed by atoms with E-state index < -0.39 is 0 Å². The van der Waals surface area contributed by atoms with Gasteiger partial charge < -0.3 is 4.74 Å². The van der Waals surface area contributed by atoms with E-state index in [4.69, 9.17) is 4.74 Å². The highest BCUT2D eigenvalue weighted by atomic mass is 16.5. The minimum Gasteiger partial charge on any atom is -0.466 e. The van der Waals surface area contributed by atoms with Crippen molar-refractivity contribution in [1.29, 1.82) is 0 Å². The highest BCUT2D eigenvalue weighted by molar-refractivity contribution is 6.28. The molecule has 0 saturated heterocycles. The fourth-order valence-electron chi connectivity index (χ4n) is 0.889. The summed E-state index contributed by atoms with van der Waals surface area (Å²) in [6.07, 6.45) is 3.52. The van der Waals surface area contributed by atoms with Crippen molar-refractivity contribution in [2.45, 2.75) is 13.3 Å². The summed E-state index contributed by atoms with van der Waals surface area (Å²) in [5.41, 5.74) is 1.48. The van der Waals surface area contributed by atoms with Gasteiger partial charge in [-0.15, -0.1) is 0 Å². The van der Waals surface area contributed by atoms with Crippen molar-refractivity contribution < 1.29 is 9.53 Å². The molecule has 0 aromatic carbocycles. The van der Waals surface area contributed by atoms with Gasteiger partial charge in [0, 0.05) is 12.4 Å². The molecule has 0 fully saturated rings. The van der Waals surface area contributed by atoms with E-state index in [9.17, 15) is 4.79 Å². The summed E-state index contributed by atoms with van der Waals surface area (Å²) in [5, 5.41) is 0. The minimum atomic E-state index is -0.241. The van der Waals surface area contributed by atoms with Gasteiger partial charge in [0.05, 0.1) is 18.8 Å². The maximum atomic E-state index is 11.0. The quantitative estimate of drug-likeness (QED) is 0.432. The van der Waals surface area contributed by atoms with Crippen LogP contribution in [0.3, 0.4) is 0 Å². The molecular formula is C8H11BN2O2. The molecule has 0 atom stereocenters. The van der Waals surface area contributed by atoms with E-state index in [-0.39, 0.29) is 12.4 Å². The van der Waals surface area contributed by atoms with Crippen LogP contribution >= 0.6 is 0 Å². The Morgan fingerprint density at radius 1 is 1.54 bits per heavy atom. The van der Waals surface area contributed by atoms with Gasteiger partial charge in [0.1, 0.15) is 0 Å². The Morgan fingerprint density at radius 2 is 2.15 bits per heavy atom. The van der Waals surface area contributed by atoms with Gasteiger partial charge in [0.25, 0.3) is 0 Å². The van der Waals surface area contributed by atoms with E-state index in [1.54, 1.807) is 27.2 Å².